The molecule has 1 saturated carbocycles. The van der Waals surface area contributed by atoms with Crippen LogP contribution in [0.2, 0.25) is 5.02 Å². The number of amides is 1. The van der Waals surface area contributed by atoms with Gasteiger partial charge in [-0.1, -0.05) is 18.0 Å². The average molecular weight is 435 g/mol. The molecule has 154 valence electrons. The first-order chi connectivity index (χ1) is 13.8. The Hall–Kier alpha value is -2.25. The zero-order valence-corrected chi connectivity index (χ0v) is 17.9. The highest BCUT2D eigenvalue weighted by molar-refractivity contribution is 7.92. The molecule has 0 unspecified atom stereocenters. The van der Waals surface area contributed by atoms with E-state index in [1.165, 1.54) is 19.2 Å². The lowest BCUT2D eigenvalue weighted by atomic mass is 9.84. The van der Waals surface area contributed by atoms with Gasteiger partial charge in [0.2, 0.25) is 5.91 Å². The molecule has 1 atom stereocenters. The lowest BCUT2D eigenvalue weighted by Gasteiger charge is -2.32. The van der Waals surface area contributed by atoms with Gasteiger partial charge in [-0.2, -0.15) is 0 Å². The van der Waals surface area contributed by atoms with E-state index in [2.05, 4.69) is 4.72 Å². The number of carbonyl (C=O) groups is 1. The summed E-state index contributed by atoms with van der Waals surface area (Å²) < 4.78 is 33.7. The van der Waals surface area contributed by atoms with Gasteiger partial charge in [-0.05, 0) is 68.1 Å². The Morgan fingerprint density at radius 1 is 1.21 bits per heavy atom. The van der Waals surface area contributed by atoms with Crippen molar-refractivity contribution in [1.29, 1.82) is 0 Å². The molecule has 2 aliphatic rings. The fourth-order valence-electron chi connectivity index (χ4n) is 3.93. The molecule has 1 N–H and O–H groups in total. The van der Waals surface area contributed by atoms with Crippen molar-refractivity contribution < 1.29 is 17.9 Å². The fraction of sp³-hybridized carbons (Fsp3) is 0.381. The molecule has 29 heavy (non-hydrogen) atoms. The fourth-order valence-corrected chi connectivity index (χ4v) is 5.21. The third-order valence-electron chi connectivity index (χ3n) is 5.67. The minimum absolute atomic E-state index is 0.0250. The van der Waals surface area contributed by atoms with E-state index in [1.54, 1.807) is 24.3 Å². The van der Waals surface area contributed by atoms with Crippen LogP contribution in [0.3, 0.4) is 0 Å². The van der Waals surface area contributed by atoms with Gasteiger partial charge >= 0.3 is 0 Å². The van der Waals surface area contributed by atoms with Crippen LogP contribution in [-0.4, -0.2) is 27.5 Å². The average Bonchev–Trinajstić information content (AvgIpc) is 2.95. The summed E-state index contributed by atoms with van der Waals surface area (Å²) in [6.07, 6.45) is 3.61. The number of anilines is 2. The van der Waals surface area contributed by atoms with E-state index in [9.17, 15) is 13.2 Å². The Bertz CT molecular complexity index is 1070. The SMILES string of the molecule is COc1ccc(Cl)cc1NS(=O)(=O)c1ccc2c(c1)C[C@H](C)N2C(=O)C1CCC1. The second-order valence-corrected chi connectivity index (χ2v) is 9.75. The maximum Gasteiger partial charge on any atom is 0.262 e. The molecular formula is C21H23ClN2O4S. The maximum atomic E-state index is 13.0. The van der Waals surface area contributed by atoms with E-state index < -0.39 is 10.0 Å². The summed E-state index contributed by atoms with van der Waals surface area (Å²) in [5.74, 6) is 0.633. The Balaban J connectivity index is 1.63. The van der Waals surface area contributed by atoms with Crippen LogP contribution in [0.5, 0.6) is 5.75 Å². The Morgan fingerprint density at radius 3 is 2.62 bits per heavy atom. The first-order valence-corrected chi connectivity index (χ1v) is 11.5. The van der Waals surface area contributed by atoms with Gasteiger partial charge in [-0.3, -0.25) is 9.52 Å². The summed E-state index contributed by atoms with van der Waals surface area (Å²) >= 11 is 6.00. The molecule has 0 bridgehead atoms. The third kappa shape index (κ3) is 3.69. The normalized spacial score (nSPS) is 18.9. The molecule has 1 heterocycles. The van der Waals surface area contributed by atoms with Crippen LogP contribution in [0.15, 0.2) is 41.3 Å². The van der Waals surface area contributed by atoms with Crippen LogP contribution in [0.4, 0.5) is 11.4 Å². The van der Waals surface area contributed by atoms with Crippen molar-refractivity contribution in [1.82, 2.24) is 0 Å². The molecular weight excluding hydrogens is 412 g/mol. The first kappa shape index (κ1) is 20.0. The smallest absolute Gasteiger partial charge is 0.262 e. The minimum atomic E-state index is -3.84. The summed E-state index contributed by atoms with van der Waals surface area (Å²) in [4.78, 5) is 14.8. The topological polar surface area (TPSA) is 75.7 Å². The largest absolute Gasteiger partial charge is 0.495 e. The summed E-state index contributed by atoms with van der Waals surface area (Å²) in [6, 6.07) is 9.69. The minimum Gasteiger partial charge on any atom is -0.495 e. The molecule has 1 aliphatic carbocycles. The number of hydrogen-bond donors (Lipinski definition) is 1. The molecule has 1 amide bonds. The van der Waals surface area contributed by atoms with Gasteiger partial charge in [0.25, 0.3) is 10.0 Å². The second kappa shape index (κ2) is 7.54. The van der Waals surface area contributed by atoms with Crippen LogP contribution in [-0.2, 0) is 21.2 Å². The number of rotatable bonds is 5. The Labute approximate surface area is 175 Å². The van der Waals surface area contributed by atoms with Gasteiger partial charge in [0, 0.05) is 22.7 Å². The van der Waals surface area contributed by atoms with Gasteiger partial charge in [0.15, 0.2) is 0 Å². The molecule has 0 spiro atoms. The molecule has 0 aromatic heterocycles. The van der Waals surface area contributed by atoms with E-state index in [4.69, 9.17) is 16.3 Å². The van der Waals surface area contributed by atoms with Crippen molar-refractivity contribution in [3.63, 3.8) is 0 Å². The Morgan fingerprint density at radius 2 is 1.97 bits per heavy atom. The number of nitrogens with one attached hydrogen (secondary N) is 1. The lowest BCUT2D eigenvalue weighted by Crippen LogP contribution is -2.42. The zero-order chi connectivity index (χ0) is 20.8. The molecule has 1 aliphatic heterocycles. The number of ether oxygens (including phenoxy) is 1. The number of hydrogen-bond acceptors (Lipinski definition) is 4. The Kier molecular flexibility index (Phi) is 5.21. The van der Waals surface area contributed by atoms with E-state index in [0.717, 1.165) is 30.5 Å². The van der Waals surface area contributed by atoms with Crippen molar-refractivity contribution in [2.45, 2.75) is 43.5 Å². The van der Waals surface area contributed by atoms with E-state index in [0.29, 0.717) is 17.2 Å². The molecule has 1 fully saturated rings. The molecule has 0 saturated heterocycles. The van der Waals surface area contributed by atoms with E-state index >= 15 is 0 Å². The molecule has 4 rings (SSSR count). The second-order valence-electron chi connectivity index (χ2n) is 7.63. The molecule has 8 heteroatoms. The summed E-state index contributed by atoms with van der Waals surface area (Å²) in [5.41, 5.74) is 1.95. The zero-order valence-electron chi connectivity index (χ0n) is 16.3. The number of benzene rings is 2. The lowest BCUT2D eigenvalue weighted by molar-refractivity contribution is -0.125. The standard InChI is InChI=1S/C21H23ClN2O4S/c1-13-10-15-11-17(7-8-19(15)24(13)21(25)14-4-3-5-14)29(26,27)23-18-12-16(22)6-9-20(18)28-2/h6-9,11-14,23H,3-5,10H2,1-2H3/t13-/m0/s1. The highest BCUT2D eigenvalue weighted by Crippen LogP contribution is 2.38. The number of sulfonamides is 1. The number of nitrogens with zero attached hydrogens (tertiary/aromatic N) is 1. The van der Waals surface area contributed by atoms with E-state index in [1.807, 2.05) is 11.8 Å². The van der Waals surface area contributed by atoms with Crippen LogP contribution >= 0.6 is 11.6 Å². The van der Waals surface area contributed by atoms with Crippen LogP contribution in [0.1, 0.15) is 31.7 Å². The summed E-state index contributed by atoms with van der Waals surface area (Å²) in [5, 5.41) is 0.399. The predicted molar refractivity (Wildman–Crippen MR) is 113 cm³/mol. The quantitative estimate of drug-likeness (QED) is 0.764. The van der Waals surface area contributed by atoms with Gasteiger partial charge in [-0.25, -0.2) is 8.42 Å². The maximum absolute atomic E-state index is 13.0. The van der Waals surface area contributed by atoms with Crippen LogP contribution in [0.25, 0.3) is 0 Å². The number of fused-ring (bicyclic) bond motifs is 1. The predicted octanol–water partition coefficient (Wildman–Crippen LogP) is 4.23. The number of carbonyl (C=O) groups excluding carboxylic acids is 1. The van der Waals surface area contributed by atoms with Gasteiger partial charge in [0.1, 0.15) is 5.75 Å². The highest BCUT2D eigenvalue weighted by Gasteiger charge is 2.37. The summed E-state index contributed by atoms with van der Waals surface area (Å²) in [6.45, 7) is 2.00. The van der Waals surface area contributed by atoms with Crippen LogP contribution in [0, 0.1) is 5.92 Å². The van der Waals surface area contributed by atoms with Crippen molar-refractivity contribution in [2.75, 3.05) is 16.7 Å². The molecule has 2 aromatic rings. The first-order valence-electron chi connectivity index (χ1n) is 9.62. The van der Waals surface area contributed by atoms with Gasteiger partial charge in [-0.15, -0.1) is 0 Å². The number of methoxy groups -OCH3 is 1. The third-order valence-corrected chi connectivity index (χ3v) is 7.27. The van der Waals surface area contributed by atoms with Crippen molar-refractivity contribution in [3.8, 4) is 5.75 Å². The molecule has 2 aromatic carbocycles. The van der Waals surface area contributed by atoms with Crippen molar-refractivity contribution in [3.05, 3.63) is 47.0 Å². The van der Waals surface area contributed by atoms with Crippen LogP contribution < -0.4 is 14.4 Å². The van der Waals surface area contributed by atoms with Crippen molar-refractivity contribution >= 4 is 38.9 Å². The summed E-state index contributed by atoms with van der Waals surface area (Å²) in [7, 11) is -2.38. The van der Waals surface area contributed by atoms with Gasteiger partial charge < -0.3 is 9.64 Å². The van der Waals surface area contributed by atoms with Gasteiger partial charge in [0.05, 0.1) is 17.7 Å². The van der Waals surface area contributed by atoms with E-state index in [-0.39, 0.29) is 28.4 Å². The van der Waals surface area contributed by atoms with Crippen molar-refractivity contribution in [2.24, 2.45) is 5.92 Å². The molecule has 6 nitrogen and oxygen atoms in total. The highest BCUT2D eigenvalue weighted by atomic mass is 35.5. The number of halogens is 1. The molecule has 0 radical (unpaired) electrons. The monoisotopic (exact) mass is 434 g/mol.